The summed E-state index contributed by atoms with van der Waals surface area (Å²) in [5.41, 5.74) is 0.108. The predicted molar refractivity (Wildman–Crippen MR) is 76.9 cm³/mol. The van der Waals surface area contributed by atoms with Crippen LogP contribution in [0.15, 0.2) is 0 Å². The second-order valence-electron chi connectivity index (χ2n) is 5.54. The average molecular weight is 276 g/mol. The number of aliphatic hydroxyl groups excluding tert-OH is 1. The van der Waals surface area contributed by atoms with Gasteiger partial charge in [-0.1, -0.05) is 13.8 Å². The van der Waals surface area contributed by atoms with E-state index in [4.69, 9.17) is 4.74 Å². The molecule has 100 valence electrons. The first-order valence-electron chi connectivity index (χ1n) is 6.63. The topological polar surface area (TPSA) is 29.5 Å². The lowest BCUT2D eigenvalue weighted by Gasteiger charge is -2.39. The molecule has 1 spiro atoms. The fourth-order valence-electron chi connectivity index (χ4n) is 2.68. The van der Waals surface area contributed by atoms with Crippen LogP contribution in [-0.4, -0.2) is 45.9 Å². The Balaban J connectivity index is 1.84. The van der Waals surface area contributed by atoms with Gasteiger partial charge in [-0.2, -0.15) is 23.5 Å². The third-order valence-corrected chi connectivity index (χ3v) is 6.17. The number of aliphatic hydroxyl groups is 1. The van der Waals surface area contributed by atoms with Crippen LogP contribution in [0.4, 0.5) is 0 Å². The van der Waals surface area contributed by atoms with E-state index in [-0.39, 0.29) is 11.7 Å². The van der Waals surface area contributed by atoms with Gasteiger partial charge >= 0.3 is 0 Å². The Labute approximate surface area is 113 Å². The lowest BCUT2D eigenvalue weighted by Crippen LogP contribution is -2.43. The van der Waals surface area contributed by atoms with Crippen LogP contribution in [0.5, 0.6) is 0 Å². The molecule has 0 bridgehead atoms. The minimum Gasteiger partial charge on any atom is -0.392 e. The molecular formula is C13H24O2S2. The maximum atomic E-state index is 10.3. The van der Waals surface area contributed by atoms with Gasteiger partial charge in [-0.3, -0.25) is 0 Å². The van der Waals surface area contributed by atoms with Gasteiger partial charge in [0.2, 0.25) is 0 Å². The van der Waals surface area contributed by atoms with Crippen LogP contribution in [0.2, 0.25) is 0 Å². The fraction of sp³-hybridized carbons (Fsp3) is 1.00. The highest BCUT2D eigenvalue weighted by molar-refractivity contribution is 8.00. The molecule has 0 amide bonds. The normalized spacial score (nSPS) is 35.6. The molecule has 2 rings (SSSR count). The summed E-state index contributed by atoms with van der Waals surface area (Å²) in [4.78, 5) is 0. The monoisotopic (exact) mass is 276 g/mol. The van der Waals surface area contributed by atoms with Crippen LogP contribution in [0.1, 0.15) is 33.1 Å². The van der Waals surface area contributed by atoms with E-state index in [9.17, 15) is 5.11 Å². The molecule has 2 aliphatic rings. The van der Waals surface area contributed by atoms with Gasteiger partial charge in [0, 0.05) is 18.1 Å². The van der Waals surface area contributed by atoms with Crippen LogP contribution in [-0.2, 0) is 4.74 Å². The maximum absolute atomic E-state index is 10.3. The van der Waals surface area contributed by atoms with Crippen LogP contribution >= 0.6 is 23.5 Å². The number of rotatable bonds is 4. The molecule has 2 saturated heterocycles. The minimum absolute atomic E-state index is 0.108. The Morgan fingerprint density at radius 3 is 3.00 bits per heavy atom. The summed E-state index contributed by atoms with van der Waals surface area (Å²) in [6.45, 7) is 5.22. The van der Waals surface area contributed by atoms with Crippen molar-refractivity contribution in [3.63, 3.8) is 0 Å². The first-order valence-corrected chi connectivity index (χ1v) is 8.83. The van der Waals surface area contributed by atoms with Crippen molar-refractivity contribution in [3.8, 4) is 0 Å². The quantitative estimate of drug-likeness (QED) is 0.855. The second kappa shape index (κ2) is 6.18. The summed E-state index contributed by atoms with van der Waals surface area (Å²) in [7, 11) is 0. The predicted octanol–water partition coefficient (Wildman–Crippen LogP) is 2.79. The molecule has 3 unspecified atom stereocenters. The maximum Gasteiger partial charge on any atom is 0.0783 e. The van der Waals surface area contributed by atoms with Crippen LogP contribution in [0, 0.1) is 5.92 Å². The molecule has 2 fully saturated rings. The number of thioether (sulfide) groups is 2. The molecular weight excluding hydrogens is 252 g/mol. The van der Waals surface area contributed by atoms with E-state index in [1.165, 1.54) is 12.2 Å². The van der Waals surface area contributed by atoms with E-state index in [0.717, 1.165) is 31.0 Å². The van der Waals surface area contributed by atoms with Gasteiger partial charge in [0.1, 0.15) is 0 Å². The van der Waals surface area contributed by atoms with Gasteiger partial charge in [-0.15, -0.1) is 0 Å². The highest BCUT2D eigenvalue weighted by atomic mass is 32.2. The Morgan fingerprint density at radius 1 is 1.53 bits per heavy atom. The summed E-state index contributed by atoms with van der Waals surface area (Å²) >= 11 is 3.87. The standard InChI is InChI=1S/C13H24O2S2/c1-10(2)17-8-12(14)11-3-5-15-13(7-11)4-6-16-9-13/h10-12,14H,3-9H2,1-2H3. The molecule has 0 radical (unpaired) electrons. The third-order valence-electron chi connectivity index (χ3n) is 3.74. The van der Waals surface area contributed by atoms with Gasteiger partial charge in [0.15, 0.2) is 0 Å². The van der Waals surface area contributed by atoms with Crippen LogP contribution in [0.25, 0.3) is 0 Å². The molecule has 3 atom stereocenters. The zero-order valence-corrected chi connectivity index (χ0v) is 12.5. The Morgan fingerprint density at radius 2 is 2.35 bits per heavy atom. The van der Waals surface area contributed by atoms with Gasteiger partial charge < -0.3 is 9.84 Å². The van der Waals surface area contributed by atoms with Crippen LogP contribution < -0.4 is 0 Å². The van der Waals surface area contributed by atoms with E-state index in [1.807, 2.05) is 23.5 Å². The first kappa shape index (κ1) is 14.0. The zero-order chi connectivity index (χ0) is 12.3. The van der Waals surface area contributed by atoms with E-state index < -0.39 is 0 Å². The molecule has 2 heterocycles. The zero-order valence-electron chi connectivity index (χ0n) is 10.9. The molecule has 17 heavy (non-hydrogen) atoms. The molecule has 0 aromatic heterocycles. The van der Waals surface area contributed by atoms with Crippen LogP contribution in [0.3, 0.4) is 0 Å². The Kier molecular flexibility index (Phi) is 5.10. The molecule has 0 aromatic carbocycles. The van der Waals surface area contributed by atoms with Crippen molar-refractivity contribution in [2.45, 2.75) is 50.1 Å². The summed E-state index contributed by atoms with van der Waals surface area (Å²) in [6.07, 6.45) is 3.14. The molecule has 2 aliphatic heterocycles. The molecule has 0 aromatic rings. The van der Waals surface area contributed by atoms with Crippen molar-refractivity contribution in [1.29, 1.82) is 0 Å². The molecule has 0 saturated carbocycles. The van der Waals surface area contributed by atoms with Crippen molar-refractivity contribution >= 4 is 23.5 Å². The summed E-state index contributed by atoms with van der Waals surface area (Å²) in [5, 5.41) is 10.9. The summed E-state index contributed by atoms with van der Waals surface area (Å²) < 4.78 is 5.99. The molecule has 4 heteroatoms. The van der Waals surface area contributed by atoms with E-state index >= 15 is 0 Å². The smallest absolute Gasteiger partial charge is 0.0783 e. The highest BCUT2D eigenvalue weighted by Crippen LogP contribution is 2.41. The summed E-state index contributed by atoms with van der Waals surface area (Å²) in [5.74, 6) is 3.69. The van der Waals surface area contributed by atoms with E-state index in [0.29, 0.717) is 11.2 Å². The van der Waals surface area contributed by atoms with Crippen molar-refractivity contribution in [3.05, 3.63) is 0 Å². The first-order chi connectivity index (χ1) is 8.11. The Bertz CT molecular complexity index is 240. The SMILES string of the molecule is CC(C)SCC(O)C1CCOC2(CCSC2)C1. The van der Waals surface area contributed by atoms with Crippen molar-refractivity contribution in [2.24, 2.45) is 5.92 Å². The van der Waals surface area contributed by atoms with Gasteiger partial charge in [-0.25, -0.2) is 0 Å². The lowest BCUT2D eigenvalue weighted by molar-refractivity contribution is -0.0977. The molecule has 0 aliphatic carbocycles. The number of hydrogen-bond acceptors (Lipinski definition) is 4. The van der Waals surface area contributed by atoms with Gasteiger partial charge in [0.25, 0.3) is 0 Å². The van der Waals surface area contributed by atoms with Gasteiger partial charge in [-0.05, 0) is 36.2 Å². The van der Waals surface area contributed by atoms with Gasteiger partial charge in [0.05, 0.1) is 11.7 Å². The third kappa shape index (κ3) is 3.79. The minimum atomic E-state index is -0.145. The molecule has 1 N–H and O–H groups in total. The number of hydrogen-bond donors (Lipinski definition) is 1. The van der Waals surface area contributed by atoms with E-state index in [1.54, 1.807) is 0 Å². The van der Waals surface area contributed by atoms with Crippen molar-refractivity contribution < 1.29 is 9.84 Å². The number of ether oxygens (including phenoxy) is 1. The largest absolute Gasteiger partial charge is 0.392 e. The summed E-state index contributed by atoms with van der Waals surface area (Å²) in [6, 6.07) is 0. The van der Waals surface area contributed by atoms with E-state index in [2.05, 4.69) is 13.8 Å². The highest BCUT2D eigenvalue weighted by Gasteiger charge is 2.42. The Hall–Kier alpha value is 0.620. The second-order valence-corrected chi connectivity index (χ2v) is 8.25. The molecule has 2 nitrogen and oxygen atoms in total. The fourth-order valence-corrected chi connectivity index (χ4v) is 4.92. The van der Waals surface area contributed by atoms with Crippen molar-refractivity contribution in [1.82, 2.24) is 0 Å². The average Bonchev–Trinajstić information content (AvgIpc) is 2.74. The lowest BCUT2D eigenvalue weighted by atomic mass is 9.83. The van der Waals surface area contributed by atoms with Crippen molar-refractivity contribution in [2.75, 3.05) is 23.9 Å².